The maximum absolute atomic E-state index is 12.7. The van der Waals surface area contributed by atoms with Gasteiger partial charge in [-0.05, 0) is 42.3 Å². The van der Waals surface area contributed by atoms with Crippen molar-refractivity contribution in [1.82, 2.24) is 4.31 Å². The van der Waals surface area contributed by atoms with E-state index in [1.807, 2.05) is 19.1 Å². The number of nitrogens with zero attached hydrogens (tertiary/aromatic N) is 1. The Kier molecular flexibility index (Phi) is 5.41. The Labute approximate surface area is 140 Å². The second kappa shape index (κ2) is 7.12. The zero-order chi connectivity index (χ0) is 17.0. The molecule has 0 aliphatic heterocycles. The summed E-state index contributed by atoms with van der Waals surface area (Å²) in [6.07, 6.45) is 0. The normalized spacial score (nSPS) is 11.6. The Morgan fingerprint density at radius 3 is 2.30 bits per heavy atom. The lowest BCUT2D eigenvalue weighted by Crippen LogP contribution is -2.35. The van der Waals surface area contributed by atoms with Crippen LogP contribution in [-0.2, 0) is 21.4 Å². The van der Waals surface area contributed by atoms with Crippen molar-refractivity contribution in [3.05, 3.63) is 64.7 Å². The third-order valence-corrected chi connectivity index (χ3v) is 5.43. The van der Waals surface area contributed by atoms with E-state index < -0.39 is 22.5 Å². The van der Waals surface area contributed by atoms with Gasteiger partial charge >= 0.3 is 5.97 Å². The van der Waals surface area contributed by atoms with E-state index in [9.17, 15) is 13.2 Å². The standard InChI is InChI=1S/C16H16ClNO4S/c1-12-4-2-3-5-13(12)10-18(11-16(19)20)23(21,22)15-8-6-14(17)7-9-15/h2-9H,10-11H2,1H3,(H,19,20). The van der Waals surface area contributed by atoms with Crippen LogP contribution in [0.2, 0.25) is 5.02 Å². The van der Waals surface area contributed by atoms with Gasteiger partial charge < -0.3 is 5.11 Å². The van der Waals surface area contributed by atoms with Crippen molar-refractivity contribution in [2.24, 2.45) is 0 Å². The molecular formula is C16H16ClNO4S. The monoisotopic (exact) mass is 353 g/mol. The van der Waals surface area contributed by atoms with Gasteiger partial charge in [0.25, 0.3) is 0 Å². The molecule has 0 heterocycles. The zero-order valence-electron chi connectivity index (χ0n) is 12.4. The average molecular weight is 354 g/mol. The summed E-state index contributed by atoms with van der Waals surface area (Å²) < 4.78 is 26.4. The molecule has 0 aliphatic rings. The fourth-order valence-electron chi connectivity index (χ4n) is 2.11. The van der Waals surface area contributed by atoms with Crippen LogP contribution in [0, 0.1) is 6.92 Å². The third kappa shape index (κ3) is 4.31. The van der Waals surface area contributed by atoms with Crippen LogP contribution in [0.3, 0.4) is 0 Å². The minimum Gasteiger partial charge on any atom is -0.480 e. The summed E-state index contributed by atoms with van der Waals surface area (Å²) in [6, 6.07) is 12.9. The van der Waals surface area contributed by atoms with Gasteiger partial charge in [-0.25, -0.2) is 8.42 Å². The first-order valence-electron chi connectivity index (χ1n) is 6.83. The minimum absolute atomic E-state index is 0.00999. The fraction of sp³-hybridized carbons (Fsp3) is 0.188. The van der Waals surface area contributed by atoms with Crippen molar-refractivity contribution in [1.29, 1.82) is 0 Å². The molecular weight excluding hydrogens is 338 g/mol. The van der Waals surface area contributed by atoms with E-state index >= 15 is 0 Å². The number of halogens is 1. The zero-order valence-corrected chi connectivity index (χ0v) is 14.0. The first-order chi connectivity index (χ1) is 10.8. The van der Waals surface area contributed by atoms with Gasteiger partial charge in [0, 0.05) is 11.6 Å². The number of carboxylic acid groups (broad SMARTS) is 1. The molecule has 0 spiro atoms. The van der Waals surface area contributed by atoms with Crippen molar-refractivity contribution in [3.63, 3.8) is 0 Å². The lowest BCUT2D eigenvalue weighted by Gasteiger charge is -2.21. The third-order valence-electron chi connectivity index (χ3n) is 3.37. The van der Waals surface area contributed by atoms with Crippen molar-refractivity contribution in [2.45, 2.75) is 18.4 Å². The number of sulfonamides is 1. The predicted octanol–water partition coefficient (Wildman–Crippen LogP) is 2.92. The summed E-state index contributed by atoms with van der Waals surface area (Å²) >= 11 is 5.77. The summed E-state index contributed by atoms with van der Waals surface area (Å²) in [5, 5.41) is 9.47. The molecule has 5 nitrogen and oxygen atoms in total. The smallest absolute Gasteiger partial charge is 0.318 e. The van der Waals surface area contributed by atoms with Crippen LogP contribution in [0.1, 0.15) is 11.1 Å². The lowest BCUT2D eigenvalue weighted by molar-refractivity contribution is -0.137. The Morgan fingerprint density at radius 2 is 1.74 bits per heavy atom. The molecule has 0 saturated heterocycles. The molecule has 0 atom stereocenters. The van der Waals surface area contributed by atoms with Crippen LogP contribution in [0.4, 0.5) is 0 Å². The lowest BCUT2D eigenvalue weighted by atomic mass is 10.1. The van der Waals surface area contributed by atoms with Crippen LogP contribution in [-0.4, -0.2) is 30.3 Å². The van der Waals surface area contributed by atoms with Crippen LogP contribution >= 0.6 is 11.6 Å². The quantitative estimate of drug-likeness (QED) is 0.866. The van der Waals surface area contributed by atoms with Crippen LogP contribution in [0.25, 0.3) is 0 Å². The van der Waals surface area contributed by atoms with Crippen molar-refractivity contribution in [2.75, 3.05) is 6.54 Å². The van der Waals surface area contributed by atoms with Crippen LogP contribution in [0.5, 0.6) is 0 Å². The highest BCUT2D eigenvalue weighted by molar-refractivity contribution is 7.89. The predicted molar refractivity (Wildman–Crippen MR) is 87.9 cm³/mol. The van der Waals surface area contributed by atoms with E-state index in [1.165, 1.54) is 24.3 Å². The van der Waals surface area contributed by atoms with E-state index in [-0.39, 0.29) is 11.4 Å². The van der Waals surface area contributed by atoms with Crippen molar-refractivity contribution >= 4 is 27.6 Å². The van der Waals surface area contributed by atoms with E-state index in [4.69, 9.17) is 16.7 Å². The molecule has 7 heteroatoms. The number of carbonyl (C=O) groups is 1. The van der Waals surface area contributed by atoms with Gasteiger partial charge in [-0.15, -0.1) is 0 Å². The SMILES string of the molecule is Cc1ccccc1CN(CC(=O)O)S(=O)(=O)c1ccc(Cl)cc1. The number of aliphatic carboxylic acids is 1. The van der Waals surface area contributed by atoms with Gasteiger partial charge in [0.1, 0.15) is 6.54 Å². The molecule has 0 radical (unpaired) electrons. The molecule has 0 aliphatic carbocycles. The number of carboxylic acids is 1. The largest absolute Gasteiger partial charge is 0.480 e. The number of rotatable bonds is 6. The molecule has 2 aromatic rings. The van der Waals surface area contributed by atoms with E-state index in [0.717, 1.165) is 15.4 Å². The number of hydrogen-bond acceptors (Lipinski definition) is 3. The first kappa shape index (κ1) is 17.5. The van der Waals surface area contributed by atoms with Gasteiger partial charge in [-0.2, -0.15) is 4.31 Å². The highest BCUT2D eigenvalue weighted by Crippen LogP contribution is 2.21. The molecule has 0 fully saturated rings. The molecule has 122 valence electrons. The minimum atomic E-state index is -3.93. The van der Waals surface area contributed by atoms with Gasteiger partial charge in [0.05, 0.1) is 4.90 Å². The molecule has 0 bridgehead atoms. The maximum atomic E-state index is 12.7. The molecule has 2 aromatic carbocycles. The van der Waals surface area contributed by atoms with Crippen molar-refractivity contribution < 1.29 is 18.3 Å². The molecule has 0 unspecified atom stereocenters. The Hall–Kier alpha value is -1.89. The maximum Gasteiger partial charge on any atom is 0.318 e. The summed E-state index contributed by atoms with van der Waals surface area (Å²) in [7, 11) is -3.93. The highest BCUT2D eigenvalue weighted by atomic mass is 35.5. The second-order valence-corrected chi connectivity index (χ2v) is 7.42. The molecule has 0 amide bonds. The fourth-order valence-corrected chi connectivity index (χ4v) is 3.60. The molecule has 0 aromatic heterocycles. The van der Waals surface area contributed by atoms with E-state index in [1.54, 1.807) is 12.1 Å². The Morgan fingerprint density at radius 1 is 1.13 bits per heavy atom. The Bertz CT molecular complexity index is 803. The summed E-state index contributed by atoms with van der Waals surface area (Å²) in [6.45, 7) is 1.23. The van der Waals surface area contributed by atoms with E-state index in [0.29, 0.717) is 5.02 Å². The number of benzene rings is 2. The number of aryl methyl sites for hydroxylation is 1. The van der Waals surface area contributed by atoms with Gasteiger partial charge in [-0.3, -0.25) is 4.79 Å². The summed E-state index contributed by atoms with van der Waals surface area (Å²) in [4.78, 5) is 11.1. The van der Waals surface area contributed by atoms with Gasteiger partial charge in [-0.1, -0.05) is 35.9 Å². The molecule has 2 rings (SSSR count). The van der Waals surface area contributed by atoms with Crippen molar-refractivity contribution in [3.8, 4) is 0 Å². The molecule has 23 heavy (non-hydrogen) atoms. The Balaban J connectivity index is 2.39. The second-order valence-electron chi connectivity index (χ2n) is 5.05. The highest BCUT2D eigenvalue weighted by Gasteiger charge is 2.27. The van der Waals surface area contributed by atoms with E-state index in [2.05, 4.69) is 0 Å². The average Bonchev–Trinajstić information content (AvgIpc) is 2.48. The number of hydrogen-bond donors (Lipinski definition) is 1. The van der Waals surface area contributed by atoms with Gasteiger partial charge in [0.15, 0.2) is 0 Å². The van der Waals surface area contributed by atoms with Crippen LogP contribution in [0.15, 0.2) is 53.4 Å². The van der Waals surface area contributed by atoms with Gasteiger partial charge in [0.2, 0.25) is 10.0 Å². The topological polar surface area (TPSA) is 74.7 Å². The van der Waals surface area contributed by atoms with Crippen LogP contribution < -0.4 is 0 Å². The summed E-state index contributed by atoms with van der Waals surface area (Å²) in [5.41, 5.74) is 1.65. The molecule has 0 saturated carbocycles. The molecule has 1 N–H and O–H groups in total. The summed E-state index contributed by atoms with van der Waals surface area (Å²) in [5.74, 6) is -1.21. The first-order valence-corrected chi connectivity index (χ1v) is 8.64.